The maximum Gasteiger partial charge on any atom is 0.263 e. The topological polar surface area (TPSA) is 52.7 Å². The van der Waals surface area contributed by atoms with Crippen molar-refractivity contribution in [2.24, 2.45) is 23.2 Å². The first-order chi connectivity index (χ1) is 16.5. The minimum Gasteiger partial charge on any atom is -0.310 e. The Morgan fingerprint density at radius 3 is 1.62 bits per heavy atom. The minimum atomic E-state index is -1.08. The number of nitrogens with one attached hydrogen (secondary N) is 1. The third-order valence-corrected chi connectivity index (χ3v) is 8.89. The fraction of sp³-hybridized carbons (Fsp3) is 0.517. The van der Waals surface area contributed by atoms with E-state index in [-0.39, 0.29) is 17.4 Å². The second-order valence-corrected chi connectivity index (χ2v) is 11.3. The number of hydrazine groups is 1. The van der Waals surface area contributed by atoms with Crippen molar-refractivity contribution in [1.29, 1.82) is 0 Å². The Bertz CT molecular complexity index is 975. The van der Waals surface area contributed by atoms with Crippen LogP contribution in [0.15, 0.2) is 60.7 Å². The first kappa shape index (κ1) is 21.8. The van der Waals surface area contributed by atoms with Crippen LogP contribution < -0.4 is 15.3 Å². The van der Waals surface area contributed by atoms with Crippen LogP contribution in [0.3, 0.4) is 0 Å². The number of nitrogens with zero attached hydrogens (tertiary/aromatic N) is 2. The number of carbonyl (C=O) groups is 2. The molecule has 1 aliphatic heterocycles. The van der Waals surface area contributed by atoms with Crippen LogP contribution in [0.25, 0.3) is 0 Å². The molecule has 34 heavy (non-hydrogen) atoms. The molecular weight excluding hydrogens is 422 g/mol. The van der Waals surface area contributed by atoms with Gasteiger partial charge in [0.05, 0.1) is 11.4 Å². The highest BCUT2D eigenvalue weighted by Gasteiger charge is 2.60. The zero-order chi connectivity index (χ0) is 23.3. The van der Waals surface area contributed by atoms with Gasteiger partial charge in [-0.2, -0.15) is 0 Å². The lowest BCUT2D eigenvalue weighted by molar-refractivity contribution is -0.135. The van der Waals surface area contributed by atoms with Gasteiger partial charge >= 0.3 is 0 Å². The molecule has 0 spiro atoms. The van der Waals surface area contributed by atoms with E-state index in [1.165, 1.54) is 38.5 Å². The van der Waals surface area contributed by atoms with Gasteiger partial charge in [-0.15, -0.1) is 0 Å². The third kappa shape index (κ3) is 3.39. The molecule has 7 rings (SSSR count). The van der Waals surface area contributed by atoms with Gasteiger partial charge in [0.2, 0.25) is 0 Å². The van der Waals surface area contributed by atoms with Crippen molar-refractivity contribution in [3.63, 3.8) is 0 Å². The normalized spacial score (nSPS) is 31.5. The summed E-state index contributed by atoms with van der Waals surface area (Å²) in [5.74, 6) is 2.24. The summed E-state index contributed by atoms with van der Waals surface area (Å²) in [7, 11) is 0. The highest BCUT2D eigenvalue weighted by atomic mass is 16.2. The smallest absolute Gasteiger partial charge is 0.263 e. The van der Waals surface area contributed by atoms with Crippen LogP contribution in [0.5, 0.6) is 0 Å². The summed E-state index contributed by atoms with van der Waals surface area (Å²) >= 11 is 0. The zero-order valence-corrected chi connectivity index (χ0v) is 20.1. The largest absolute Gasteiger partial charge is 0.310 e. The van der Waals surface area contributed by atoms with Gasteiger partial charge in [-0.3, -0.25) is 9.59 Å². The zero-order valence-electron chi connectivity index (χ0n) is 20.1. The molecule has 0 unspecified atom stereocenters. The highest BCUT2D eigenvalue weighted by Crippen LogP contribution is 2.56. The Kier molecular flexibility index (Phi) is 5.29. The van der Waals surface area contributed by atoms with E-state index >= 15 is 0 Å². The Labute approximate surface area is 202 Å². The number of para-hydroxylation sites is 2. The number of anilines is 2. The molecule has 5 nitrogen and oxygen atoms in total. The molecule has 0 aromatic heterocycles. The molecule has 5 heteroatoms. The van der Waals surface area contributed by atoms with E-state index in [2.05, 4.69) is 12.2 Å². The van der Waals surface area contributed by atoms with E-state index < -0.39 is 5.41 Å². The average molecular weight is 458 g/mol. The van der Waals surface area contributed by atoms with Crippen LogP contribution in [-0.4, -0.2) is 23.9 Å². The number of benzene rings is 2. The van der Waals surface area contributed by atoms with Gasteiger partial charge < -0.3 is 5.32 Å². The van der Waals surface area contributed by atoms with Crippen molar-refractivity contribution in [2.75, 3.05) is 16.6 Å². The van der Waals surface area contributed by atoms with Crippen LogP contribution in [0.4, 0.5) is 11.4 Å². The van der Waals surface area contributed by atoms with Gasteiger partial charge in [0, 0.05) is 12.1 Å². The molecule has 4 bridgehead atoms. The molecule has 0 radical (unpaired) electrons. The van der Waals surface area contributed by atoms with Gasteiger partial charge in [-0.05, 0) is 87.0 Å². The van der Waals surface area contributed by atoms with Gasteiger partial charge in [-0.1, -0.05) is 49.7 Å². The van der Waals surface area contributed by atoms with Crippen LogP contribution in [0.1, 0.15) is 58.3 Å². The third-order valence-electron chi connectivity index (χ3n) is 8.89. The predicted octanol–water partition coefficient (Wildman–Crippen LogP) is 5.33. The van der Waals surface area contributed by atoms with E-state index in [1.807, 2.05) is 60.7 Å². The lowest BCUT2D eigenvalue weighted by Crippen LogP contribution is -2.61. The number of carbonyl (C=O) groups excluding carboxylic acids is 2. The van der Waals surface area contributed by atoms with Crippen LogP contribution in [0.2, 0.25) is 0 Å². The molecular formula is C29H35N3O2. The molecule has 1 heterocycles. The first-order valence-corrected chi connectivity index (χ1v) is 13.1. The quantitative estimate of drug-likeness (QED) is 0.572. The molecule has 1 N–H and O–H groups in total. The van der Waals surface area contributed by atoms with Gasteiger partial charge in [-0.25, -0.2) is 10.0 Å². The van der Waals surface area contributed by atoms with Crippen molar-refractivity contribution in [2.45, 2.75) is 63.8 Å². The van der Waals surface area contributed by atoms with Crippen molar-refractivity contribution >= 4 is 23.2 Å². The average Bonchev–Trinajstić information content (AvgIpc) is 3.05. The van der Waals surface area contributed by atoms with Gasteiger partial charge in [0.1, 0.15) is 5.41 Å². The molecule has 5 aliphatic rings. The summed E-state index contributed by atoms with van der Waals surface area (Å²) in [4.78, 5) is 28.5. The molecule has 0 atom stereocenters. The first-order valence-electron chi connectivity index (χ1n) is 13.1. The van der Waals surface area contributed by atoms with Crippen molar-refractivity contribution in [3.8, 4) is 0 Å². The van der Waals surface area contributed by atoms with E-state index in [9.17, 15) is 9.59 Å². The molecule has 2 amide bonds. The molecule has 4 saturated carbocycles. The number of hydrogen-bond donors (Lipinski definition) is 1. The minimum absolute atomic E-state index is 0.105. The van der Waals surface area contributed by atoms with Crippen molar-refractivity contribution in [1.82, 2.24) is 5.32 Å². The lowest BCUT2D eigenvalue weighted by Gasteiger charge is -2.57. The van der Waals surface area contributed by atoms with E-state index in [0.29, 0.717) is 13.0 Å². The summed E-state index contributed by atoms with van der Waals surface area (Å²) in [6.45, 7) is 2.50. The lowest BCUT2D eigenvalue weighted by atomic mass is 9.53. The van der Waals surface area contributed by atoms with Crippen molar-refractivity contribution < 1.29 is 9.59 Å². The number of amides is 2. The van der Waals surface area contributed by atoms with Gasteiger partial charge in [0.25, 0.3) is 11.8 Å². The molecule has 2 aromatic rings. The van der Waals surface area contributed by atoms with Crippen LogP contribution in [0, 0.1) is 23.2 Å². The number of hydrogen-bond acceptors (Lipinski definition) is 3. The predicted molar refractivity (Wildman–Crippen MR) is 134 cm³/mol. The molecule has 5 fully saturated rings. The van der Waals surface area contributed by atoms with E-state index in [4.69, 9.17) is 0 Å². The summed E-state index contributed by atoms with van der Waals surface area (Å²) in [6, 6.07) is 19.2. The van der Waals surface area contributed by atoms with E-state index in [0.717, 1.165) is 35.5 Å². The Morgan fingerprint density at radius 1 is 0.765 bits per heavy atom. The van der Waals surface area contributed by atoms with Gasteiger partial charge in [0.15, 0.2) is 0 Å². The Morgan fingerprint density at radius 2 is 1.21 bits per heavy atom. The summed E-state index contributed by atoms with van der Waals surface area (Å²) in [6.07, 6.45) is 9.08. The summed E-state index contributed by atoms with van der Waals surface area (Å²) in [5, 5.41) is 7.14. The maximum atomic E-state index is 14.3. The second kappa shape index (κ2) is 8.23. The monoisotopic (exact) mass is 457 g/mol. The summed E-state index contributed by atoms with van der Waals surface area (Å²) in [5.41, 5.74) is 0.493. The highest BCUT2D eigenvalue weighted by molar-refractivity contribution is 6.26. The second-order valence-electron chi connectivity index (χ2n) is 11.3. The maximum absolute atomic E-state index is 14.3. The number of rotatable bonds is 7. The molecule has 4 aliphatic carbocycles. The fourth-order valence-corrected chi connectivity index (χ4v) is 7.83. The SMILES string of the molecule is CCCC1(CNC23CC4CC(CC(C4)C2)C3)C(=O)N(c2ccccc2)N(c2ccccc2)C1=O. The molecule has 1 saturated heterocycles. The Balaban J connectivity index is 1.36. The van der Waals surface area contributed by atoms with E-state index in [1.54, 1.807) is 10.0 Å². The fourth-order valence-electron chi connectivity index (χ4n) is 7.83. The van der Waals surface area contributed by atoms with Crippen LogP contribution in [-0.2, 0) is 9.59 Å². The summed E-state index contributed by atoms with van der Waals surface area (Å²) < 4.78 is 0. The Hall–Kier alpha value is -2.66. The van der Waals surface area contributed by atoms with Crippen LogP contribution >= 0.6 is 0 Å². The van der Waals surface area contributed by atoms with Crippen molar-refractivity contribution in [3.05, 3.63) is 60.7 Å². The molecule has 178 valence electrons. The molecule has 2 aromatic carbocycles. The standard InChI is InChI=1S/C29H35N3O2/c1-2-13-29(20-30-28-17-21-14-22(18-28)16-23(15-21)19-28)26(33)31(24-9-5-3-6-10-24)32(27(29)34)25-11-7-4-8-12-25/h3-12,21-23,30H,2,13-20H2,1H3.